The molecule has 7 nitrogen and oxygen atoms in total. The number of nitrogens with one attached hydrogen (secondary N) is 1. The maximum Gasteiger partial charge on any atom is 0.271 e. The molecular formula is C25H24FN3O4S. The Morgan fingerprint density at radius 1 is 1.00 bits per heavy atom. The molecule has 0 fully saturated rings. The number of methoxy groups -OCH3 is 2. The second-order valence-electron chi connectivity index (χ2n) is 7.52. The van der Waals surface area contributed by atoms with Crippen LogP contribution in [0.3, 0.4) is 0 Å². The summed E-state index contributed by atoms with van der Waals surface area (Å²) in [6, 6.07) is 14.3. The Bertz CT molecular complexity index is 1430. The van der Waals surface area contributed by atoms with Gasteiger partial charge in [0.15, 0.2) is 0 Å². The van der Waals surface area contributed by atoms with Gasteiger partial charge in [0.2, 0.25) is 0 Å². The highest BCUT2D eigenvalue weighted by atomic mass is 32.2. The van der Waals surface area contributed by atoms with Gasteiger partial charge in [0.25, 0.3) is 10.0 Å². The van der Waals surface area contributed by atoms with Crippen molar-refractivity contribution in [3.05, 3.63) is 84.6 Å². The molecule has 0 saturated heterocycles. The van der Waals surface area contributed by atoms with Crippen molar-refractivity contribution in [3.63, 3.8) is 0 Å². The van der Waals surface area contributed by atoms with Crippen LogP contribution in [0, 0.1) is 5.82 Å². The number of aromatic nitrogens is 2. The molecule has 0 aliphatic carbocycles. The summed E-state index contributed by atoms with van der Waals surface area (Å²) in [6.45, 7) is 0.413. The summed E-state index contributed by atoms with van der Waals surface area (Å²) in [5.74, 6) is 0.195. The highest BCUT2D eigenvalue weighted by Gasteiger charge is 2.27. The Morgan fingerprint density at radius 3 is 2.50 bits per heavy atom. The molecule has 0 radical (unpaired) electrons. The Labute approximate surface area is 197 Å². The first kappa shape index (κ1) is 23.5. The fourth-order valence-electron chi connectivity index (χ4n) is 3.71. The first-order chi connectivity index (χ1) is 16.4. The van der Waals surface area contributed by atoms with Gasteiger partial charge in [0, 0.05) is 30.1 Å². The number of hydrogen-bond donors (Lipinski definition) is 1. The maximum atomic E-state index is 14.7. The monoisotopic (exact) mass is 481 g/mol. The van der Waals surface area contributed by atoms with E-state index < -0.39 is 15.8 Å². The van der Waals surface area contributed by atoms with Crippen LogP contribution in [0.4, 0.5) is 4.39 Å². The number of hydrogen-bond acceptors (Lipinski definition) is 6. The van der Waals surface area contributed by atoms with Crippen molar-refractivity contribution in [2.45, 2.75) is 11.4 Å². The molecule has 0 aliphatic heterocycles. The molecule has 0 aliphatic rings. The summed E-state index contributed by atoms with van der Waals surface area (Å²) in [5, 5.41) is 3.00. The van der Waals surface area contributed by atoms with E-state index in [0.29, 0.717) is 29.0 Å². The van der Waals surface area contributed by atoms with Crippen LogP contribution in [0.5, 0.6) is 11.5 Å². The highest BCUT2D eigenvalue weighted by molar-refractivity contribution is 7.90. The van der Waals surface area contributed by atoms with Gasteiger partial charge in [-0.15, -0.1) is 0 Å². The van der Waals surface area contributed by atoms with Crippen molar-refractivity contribution >= 4 is 10.0 Å². The average Bonchev–Trinajstić information content (AvgIpc) is 3.28. The van der Waals surface area contributed by atoms with Crippen LogP contribution in [-0.2, 0) is 16.6 Å². The van der Waals surface area contributed by atoms with E-state index >= 15 is 0 Å². The van der Waals surface area contributed by atoms with Gasteiger partial charge in [-0.25, -0.2) is 16.8 Å². The van der Waals surface area contributed by atoms with Crippen molar-refractivity contribution in [3.8, 4) is 33.9 Å². The van der Waals surface area contributed by atoms with Crippen molar-refractivity contribution in [2.24, 2.45) is 0 Å². The van der Waals surface area contributed by atoms with E-state index in [0.717, 1.165) is 3.97 Å². The quantitative estimate of drug-likeness (QED) is 0.403. The molecule has 9 heteroatoms. The summed E-state index contributed by atoms with van der Waals surface area (Å²) in [6.07, 6.45) is 4.67. The third-order valence-electron chi connectivity index (χ3n) is 5.36. The van der Waals surface area contributed by atoms with Crippen LogP contribution < -0.4 is 14.8 Å². The molecular weight excluding hydrogens is 457 g/mol. The smallest absolute Gasteiger partial charge is 0.271 e. The lowest BCUT2D eigenvalue weighted by Crippen LogP contribution is -2.15. The number of rotatable bonds is 8. The molecule has 0 bridgehead atoms. The summed E-state index contributed by atoms with van der Waals surface area (Å²) in [5.41, 5.74) is 2.38. The molecule has 2 aromatic carbocycles. The molecule has 1 N–H and O–H groups in total. The van der Waals surface area contributed by atoms with Crippen LogP contribution >= 0.6 is 0 Å². The van der Waals surface area contributed by atoms with Crippen LogP contribution in [0.25, 0.3) is 22.4 Å². The number of ether oxygens (including phenoxy) is 2. The molecule has 0 saturated carbocycles. The molecule has 0 spiro atoms. The van der Waals surface area contributed by atoms with E-state index in [1.54, 1.807) is 61.9 Å². The third-order valence-corrected chi connectivity index (χ3v) is 7.05. The topological polar surface area (TPSA) is 82.5 Å². The first-order valence-corrected chi connectivity index (χ1v) is 11.9. The van der Waals surface area contributed by atoms with Gasteiger partial charge >= 0.3 is 0 Å². The average molecular weight is 482 g/mol. The lowest BCUT2D eigenvalue weighted by atomic mass is 10.1. The highest BCUT2D eigenvalue weighted by Crippen LogP contribution is 2.35. The molecule has 0 amide bonds. The molecule has 2 heterocycles. The fourth-order valence-corrected chi connectivity index (χ4v) is 5.29. The summed E-state index contributed by atoms with van der Waals surface area (Å²) in [4.78, 5) is 4.10. The van der Waals surface area contributed by atoms with E-state index in [1.165, 1.54) is 32.5 Å². The van der Waals surface area contributed by atoms with Crippen LogP contribution in [0.15, 0.2) is 78.1 Å². The minimum absolute atomic E-state index is 0.0560. The Balaban J connectivity index is 1.92. The predicted octanol–water partition coefficient (Wildman–Crippen LogP) is 4.33. The SMILES string of the molecule is CNCc1cc(-c2ccccc2F)n(S(=O)(=O)c2cc(-c3cncc(OC)c3)ccc2OC)c1. The van der Waals surface area contributed by atoms with Crippen molar-refractivity contribution < 1.29 is 22.3 Å². The van der Waals surface area contributed by atoms with Crippen molar-refractivity contribution in [2.75, 3.05) is 21.3 Å². The number of benzene rings is 2. The van der Waals surface area contributed by atoms with Gasteiger partial charge in [0.05, 0.1) is 26.1 Å². The maximum absolute atomic E-state index is 14.7. The zero-order chi connectivity index (χ0) is 24.3. The minimum atomic E-state index is -4.18. The standard InChI is InChI=1S/C25H24FN3O4S/c1-27-13-17-10-23(21-6-4-5-7-22(21)26)29(16-17)34(30,31)25-12-18(8-9-24(25)33-3)19-11-20(32-2)15-28-14-19/h4-12,14-16,27H,13H2,1-3H3. The molecule has 0 unspecified atom stereocenters. The Kier molecular flexibility index (Phi) is 6.67. The van der Waals surface area contributed by atoms with E-state index in [2.05, 4.69) is 10.3 Å². The second kappa shape index (κ2) is 9.66. The summed E-state index contributed by atoms with van der Waals surface area (Å²) < 4.78 is 54.3. The van der Waals surface area contributed by atoms with Gasteiger partial charge in [-0.05, 0) is 54.6 Å². The number of halogens is 1. The van der Waals surface area contributed by atoms with E-state index in [4.69, 9.17) is 9.47 Å². The molecule has 34 heavy (non-hydrogen) atoms. The van der Waals surface area contributed by atoms with Gasteiger partial charge in [-0.2, -0.15) is 0 Å². The van der Waals surface area contributed by atoms with E-state index in [9.17, 15) is 12.8 Å². The van der Waals surface area contributed by atoms with Gasteiger partial charge < -0.3 is 14.8 Å². The first-order valence-electron chi connectivity index (χ1n) is 10.4. The lowest BCUT2D eigenvalue weighted by Gasteiger charge is -2.15. The summed E-state index contributed by atoms with van der Waals surface area (Å²) >= 11 is 0. The Morgan fingerprint density at radius 2 is 1.79 bits per heavy atom. The minimum Gasteiger partial charge on any atom is -0.495 e. The van der Waals surface area contributed by atoms with Gasteiger partial charge in [0.1, 0.15) is 22.2 Å². The Hall–Kier alpha value is -3.69. The largest absolute Gasteiger partial charge is 0.495 e. The summed E-state index contributed by atoms with van der Waals surface area (Å²) in [7, 11) is 0.513. The van der Waals surface area contributed by atoms with Crippen molar-refractivity contribution in [1.29, 1.82) is 0 Å². The van der Waals surface area contributed by atoms with Crippen molar-refractivity contribution in [1.82, 2.24) is 14.3 Å². The van der Waals surface area contributed by atoms with E-state index in [-0.39, 0.29) is 21.9 Å². The normalized spacial score (nSPS) is 11.4. The number of pyridine rings is 1. The molecule has 2 aromatic heterocycles. The number of nitrogens with zero attached hydrogens (tertiary/aromatic N) is 2. The molecule has 0 atom stereocenters. The lowest BCUT2D eigenvalue weighted by molar-refractivity contribution is 0.402. The van der Waals surface area contributed by atoms with Crippen LogP contribution in [0.2, 0.25) is 0 Å². The zero-order valence-corrected chi connectivity index (χ0v) is 19.8. The van der Waals surface area contributed by atoms with E-state index in [1.807, 2.05) is 0 Å². The van der Waals surface area contributed by atoms with Crippen LogP contribution in [-0.4, -0.2) is 38.6 Å². The second-order valence-corrected chi connectivity index (χ2v) is 9.31. The molecule has 4 rings (SSSR count). The zero-order valence-electron chi connectivity index (χ0n) is 18.9. The van der Waals surface area contributed by atoms with Crippen LogP contribution in [0.1, 0.15) is 5.56 Å². The molecule has 4 aromatic rings. The van der Waals surface area contributed by atoms with Gasteiger partial charge in [-0.1, -0.05) is 18.2 Å². The fraction of sp³-hybridized carbons (Fsp3) is 0.160. The predicted molar refractivity (Wildman–Crippen MR) is 128 cm³/mol. The third kappa shape index (κ3) is 4.40. The molecule has 176 valence electrons. The van der Waals surface area contributed by atoms with Gasteiger partial charge in [-0.3, -0.25) is 4.98 Å².